The molecule has 1 heterocycles. The molecule has 108 valence electrons. The Balaban J connectivity index is 2.17. The van der Waals surface area contributed by atoms with Gasteiger partial charge in [0.2, 0.25) is 0 Å². The third-order valence-electron chi connectivity index (χ3n) is 3.64. The molecule has 7 heteroatoms. The summed E-state index contributed by atoms with van der Waals surface area (Å²) in [6.45, 7) is 3.23. The van der Waals surface area contributed by atoms with E-state index in [4.69, 9.17) is 16.7 Å². The normalized spacial score (nSPS) is 22.9. The topological polar surface area (TPSA) is 83.7 Å². The van der Waals surface area contributed by atoms with Crippen molar-refractivity contribution in [1.82, 2.24) is 4.90 Å². The fourth-order valence-corrected chi connectivity index (χ4v) is 2.81. The number of hydrogen-bond acceptors (Lipinski definition) is 4. The van der Waals surface area contributed by atoms with Gasteiger partial charge in [-0.1, -0.05) is 18.5 Å². The van der Waals surface area contributed by atoms with Crippen molar-refractivity contribution < 1.29 is 14.8 Å². The lowest BCUT2D eigenvalue weighted by Gasteiger charge is -2.15. The number of carboxylic acid groups (broad SMARTS) is 1. The van der Waals surface area contributed by atoms with Crippen LogP contribution in [0.1, 0.15) is 12.5 Å². The SMILES string of the molecule is C[C@@H]1CN(Cc2cc(Cl)ccc2[N+](=O)[O-])C[C@H]1C(=O)O. The van der Waals surface area contributed by atoms with E-state index in [1.54, 1.807) is 6.07 Å². The number of halogens is 1. The zero-order chi connectivity index (χ0) is 14.9. The minimum Gasteiger partial charge on any atom is -0.481 e. The Morgan fingerprint density at radius 3 is 2.80 bits per heavy atom. The van der Waals surface area contributed by atoms with E-state index in [1.165, 1.54) is 12.1 Å². The molecule has 0 spiro atoms. The van der Waals surface area contributed by atoms with Crippen molar-refractivity contribution in [3.63, 3.8) is 0 Å². The lowest BCUT2D eigenvalue weighted by molar-refractivity contribution is -0.385. The molecule has 0 amide bonds. The average Bonchev–Trinajstić information content (AvgIpc) is 2.70. The summed E-state index contributed by atoms with van der Waals surface area (Å²) in [7, 11) is 0. The Kier molecular flexibility index (Phi) is 4.25. The van der Waals surface area contributed by atoms with Crippen molar-refractivity contribution >= 4 is 23.3 Å². The van der Waals surface area contributed by atoms with Crippen LogP contribution in [-0.2, 0) is 11.3 Å². The van der Waals surface area contributed by atoms with Gasteiger partial charge in [0.1, 0.15) is 0 Å². The Morgan fingerprint density at radius 1 is 1.55 bits per heavy atom. The minimum absolute atomic E-state index is 0.0147. The second kappa shape index (κ2) is 5.76. The van der Waals surface area contributed by atoms with Crippen LogP contribution in [0.3, 0.4) is 0 Å². The van der Waals surface area contributed by atoms with Gasteiger partial charge in [0, 0.05) is 36.3 Å². The van der Waals surface area contributed by atoms with Gasteiger partial charge in [-0.25, -0.2) is 0 Å². The zero-order valence-corrected chi connectivity index (χ0v) is 11.7. The summed E-state index contributed by atoms with van der Waals surface area (Å²) < 4.78 is 0. The highest BCUT2D eigenvalue weighted by Crippen LogP contribution is 2.28. The first-order valence-corrected chi connectivity index (χ1v) is 6.64. The van der Waals surface area contributed by atoms with E-state index in [-0.39, 0.29) is 11.6 Å². The molecule has 1 aromatic rings. The number of likely N-dealkylation sites (tertiary alicyclic amines) is 1. The van der Waals surface area contributed by atoms with E-state index >= 15 is 0 Å². The molecule has 1 aliphatic rings. The van der Waals surface area contributed by atoms with Gasteiger partial charge >= 0.3 is 5.97 Å². The number of nitro groups is 1. The maximum Gasteiger partial charge on any atom is 0.308 e. The standard InChI is InChI=1S/C13H15ClN2O4/c1-8-5-15(7-11(8)13(17)18)6-9-4-10(14)2-3-12(9)16(19)20/h2-4,8,11H,5-7H2,1H3,(H,17,18)/t8-,11-/m1/s1. The van der Waals surface area contributed by atoms with Crippen molar-refractivity contribution in [3.8, 4) is 0 Å². The van der Waals surface area contributed by atoms with Crippen LogP contribution < -0.4 is 0 Å². The third-order valence-corrected chi connectivity index (χ3v) is 3.87. The lowest BCUT2D eigenvalue weighted by Crippen LogP contribution is -2.23. The second-order valence-corrected chi connectivity index (χ2v) is 5.58. The fraction of sp³-hybridized carbons (Fsp3) is 0.462. The van der Waals surface area contributed by atoms with Crippen LogP contribution in [0.25, 0.3) is 0 Å². The zero-order valence-electron chi connectivity index (χ0n) is 11.0. The van der Waals surface area contributed by atoms with Crippen molar-refractivity contribution in [2.45, 2.75) is 13.5 Å². The Morgan fingerprint density at radius 2 is 2.25 bits per heavy atom. The molecule has 0 aliphatic carbocycles. The summed E-state index contributed by atoms with van der Waals surface area (Å²) in [6, 6.07) is 4.43. The molecule has 2 atom stereocenters. The van der Waals surface area contributed by atoms with Gasteiger partial charge in [0.05, 0.1) is 10.8 Å². The highest BCUT2D eigenvalue weighted by atomic mass is 35.5. The summed E-state index contributed by atoms with van der Waals surface area (Å²) >= 11 is 5.88. The predicted molar refractivity (Wildman–Crippen MR) is 73.7 cm³/mol. The van der Waals surface area contributed by atoms with Crippen molar-refractivity contribution in [1.29, 1.82) is 0 Å². The molecule has 0 radical (unpaired) electrons. The summed E-state index contributed by atoms with van der Waals surface area (Å²) in [6.07, 6.45) is 0. The minimum atomic E-state index is -0.819. The number of nitro benzene ring substituents is 1. The first-order valence-electron chi connectivity index (χ1n) is 6.26. The largest absolute Gasteiger partial charge is 0.481 e. The van der Waals surface area contributed by atoms with Crippen LogP contribution in [0.4, 0.5) is 5.69 Å². The van der Waals surface area contributed by atoms with Crippen molar-refractivity contribution in [2.75, 3.05) is 13.1 Å². The van der Waals surface area contributed by atoms with Crippen LogP contribution in [0.15, 0.2) is 18.2 Å². The molecular weight excluding hydrogens is 284 g/mol. The smallest absolute Gasteiger partial charge is 0.308 e. The van der Waals surface area contributed by atoms with Gasteiger partial charge < -0.3 is 5.11 Å². The van der Waals surface area contributed by atoms with E-state index < -0.39 is 16.8 Å². The molecule has 1 N–H and O–H groups in total. The third kappa shape index (κ3) is 3.08. The molecule has 1 aromatic carbocycles. The molecule has 0 bridgehead atoms. The van der Waals surface area contributed by atoms with Gasteiger partial charge in [0.15, 0.2) is 0 Å². The summed E-state index contributed by atoms with van der Waals surface area (Å²) in [5, 5.41) is 20.5. The number of aliphatic carboxylic acids is 1. The predicted octanol–water partition coefficient (Wildman–Crippen LogP) is 2.40. The van der Waals surface area contributed by atoms with Crippen LogP contribution in [0, 0.1) is 22.0 Å². The molecule has 0 saturated carbocycles. The van der Waals surface area contributed by atoms with Crippen LogP contribution in [-0.4, -0.2) is 34.0 Å². The van der Waals surface area contributed by atoms with Crippen molar-refractivity contribution in [2.24, 2.45) is 11.8 Å². The molecule has 2 rings (SSSR count). The number of hydrogen-bond donors (Lipinski definition) is 1. The molecule has 6 nitrogen and oxygen atoms in total. The summed E-state index contributed by atoms with van der Waals surface area (Å²) in [4.78, 5) is 23.6. The number of nitrogens with zero attached hydrogens (tertiary/aromatic N) is 2. The molecular formula is C13H15ClN2O4. The second-order valence-electron chi connectivity index (χ2n) is 5.15. The summed E-state index contributed by atoms with van der Waals surface area (Å²) in [5.41, 5.74) is 0.529. The van der Waals surface area contributed by atoms with E-state index in [2.05, 4.69) is 0 Å². The van der Waals surface area contributed by atoms with Gasteiger partial charge in [-0.05, 0) is 18.1 Å². The molecule has 0 aromatic heterocycles. The van der Waals surface area contributed by atoms with E-state index in [0.717, 1.165) is 0 Å². The molecule has 1 saturated heterocycles. The van der Waals surface area contributed by atoms with Gasteiger partial charge in [-0.3, -0.25) is 19.8 Å². The highest BCUT2D eigenvalue weighted by molar-refractivity contribution is 6.30. The first kappa shape index (κ1) is 14.7. The van der Waals surface area contributed by atoms with Crippen molar-refractivity contribution in [3.05, 3.63) is 38.9 Å². The number of carbonyl (C=O) groups is 1. The maximum atomic E-state index is 11.1. The van der Waals surface area contributed by atoms with E-state index in [9.17, 15) is 14.9 Å². The summed E-state index contributed by atoms with van der Waals surface area (Å²) in [5.74, 6) is -1.21. The first-order chi connectivity index (χ1) is 9.38. The van der Waals surface area contributed by atoms with Crippen LogP contribution >= 0.6 is 11.6 Å². The maximum absolute atomic E-state index is 11.1. The number of benzene rings is 1. The van der Waals surface area contributed by atoms with Gasteiger partial charge in [-0.2, -0.15) is 0 Å². The van der Waals surface area contributed by atoms with Gasteiger partial charge in [0.25, 0.3) is 5.69 Å². The van der Waals surface area contributed by atoms with Gasteiger partial charge in [-0.15, -0.1) is 0 Å². The van der Waals surface area contributed by atoms with E-state index in [0.29, 0.717) is 30.2 Å². The molecule has 20 heavy (non-hydrogen) atoms. The van der Waals surface area contributed by atoms with Crippen LogP contribution in [0.2, 0.25) is 5.02 Å². The monoisotopic (exact) mass is 298 g/mol. The lowest BCUT2D eigenvalue weighted by atomic mass is 9.99. The number of carboxylic acids is 1. The quantitative estimate of drug-likeness (QED) is 0.681. The average molecular weight is 299 g/mol. The highest BCUT2D eigenvalue weighted by Gasteiger charge is 2.35. The number of rotatable bonds is 4. The molecule has 1 fully saturated rings. The molecule has 0 unspecified atom stereocenters. The van der Waals surface area contributed by atoms with Crippen LogP contribution in [0.5, 0.6) is 0 Å². The Labute approximate surface area is 121 Å². The Bertz CT molecular complexity index is 549. The fourth-order valence-electron chi connectivity index (χ4n) is 2.62. The van der Waals surface area contributed by atoms with E-state index in [1.807, 2.05) is 11.8 Å². The molecule has 1 aliphatic heterocycles. The Hall–Kier alpha value is -1.66.